The number of aliphatic carboxylic acids is 3. The van der Waals surface area contributed by atoms with Gasteiger partial charge in [-0.1, -0.05) is 0 Å². The van der Waals surface area contributed by atoms with Gasteiger partial charge in [0.1, 0.15) is 0 Å². The van der Waals surface area contributed by atoms with Crippen molar-refractivity contribution in [1.82, 2.24) is 0 Å². The molecule has 0 unspecified atom stereocenters. The van der Waals surface area contributed by atoms with Crippen molar-refractivity contribution in [2.75, 3.05) is 0 Å². The van der Waals surface area contributed by atoms with Crippen LogP contribution in [0.4, 0.5) is 0 Å². The number of carbonyl (C=O) groups excluding carboxylic acids is 2. The summed E-state index contributed by atoms with van der Waals surface area (Å²) >= 11 is 0. The first kappa shape index (κ1) is 56.2. The molecule has 0 aliphatic rings. The van der Waals surface area contributed by atoms with E-state index in [0.717, 1.165) is 0 Å². The van der Waals surface area contributed by atoms with E-state index in [-0.39, 0.29) is 201 Å². The predicted octanol–water partition coefficient (Wildman–Crippen LogP) is -27.9. The number of rotatable bonds is 5. The molecular formula is C6H6BrClINa5O7. The topological polar surface area (TPSA) is 138 Å². The molecule has 0 saturated carbocycles. The molecule has 0 aromatic carbocycles. The Labute approximate surface area is 266 Å². The van der Waals surface area contributed by atoms with Gasteiger partial charge < -0.3 is 83.4 Å². The summed E-state index contributed by atoms with van der Waals surface area (Å²) in [5.41, 5.74) is -2.86. The zero-order valence-corrected chi connectivity index (χ0v) is 27.0. The van der Waals surface area contributed by atoms with Gasteiger partial charge in [-0.25, -0.2) is 4.79 Å². The monoisotopic (exact) mass is 546 g/mol. The third-order valence-electron chi connectivity index (χ3n) is 1.27. The van der Waals surface area contributed by atoms with E-state index < -0.39 is 36.4 Å². The summed E-state index contributed by atoms with van der Waals surface area (Å²) < 4.78 is 0. The Morgan fingerprint density at radius 3 is 1.14 bits per heavy atom. The molecule has 7 nitrogen and oxygen atoms in total. The maximum absolute atomic E-state index is 10.3. The fraction of sp³-hybridized carbons (Fsp3) is 0.500. The zero-order chi connectivity index (χ0) is 10.6. The maximum Gasteiger partial charge on any atom is 1.00 e. The van der Waals surface area contributed by atoms with Crippen LogP contribution in [0.5, 0.6) is 0 Å². The molecule has 0 aliphatic carbocycles. The minimum Gasteiger partial charge on any atom is -1.00 e. The van der Waals surface area contributed by atoms with Gasteiger partial charge in [0.25, 0.3) is 0 Å². The molecule has 0 spiro atoms. The van der Waals surface area contributed by atoms with Gasteiger partial charge in [-0.15, -0.1) is 0 Å². The van der Waals surface area contributed by atoms with Gasteiger partial charge in [0.05, 0.1) is 0 Å². The summed E-state index contributed by atoms with van der Waals surface area (Å²) in [4.78, 5) is 30.2. The van der Waals surface area contributed by atoms with Gasteiger partial charge >= 0.3 is 154 Å². The van der Waals surface area contributed by atoms with Crippen LogP contribution in [0, 0.1) is 0 Å². The number of aliphatic hydroxyl groups is 1. The minimum atomic E-state index is -2.86. The van der Waals surface area contributed by atoms with Crippen molar-refractivity contribution < 1.29 is 236 Å². The summed E-state index contributed by atoms with van der Waals surface area (Å²) in [5.74, 6) is -5.65. The quantitative estimate of drug-likeness (QED) is 0.258. The van der Waals surface area contributed by atoms with Crippen molar-refractivity contribution in [1.29, 1.82) is 0 Å². The van der Waals surface area contributed by atoms with Gasteiger partial charge in [0, 0.05) is 24.8 Å². The standard InChI is InChI=1S/C6H8O7.BrH.ClH.HI.5Na/c7-3(8)1-6(13,5(11)12)2-4(9)10;;;;;;;;/h13H,1-2H2,(H,7,8)(H,9,10)(H,11,12);3*1H;;;;;/q;;;;5*+1/p-5. The number of hydrogen-bond acceptors (Lipinski definition) is 6. The Morgan fingerprint density at radius 2 is 1.05 bits per heavy atom. The Hall–Kier alpha value is 4.87. The molecule has 0 aromatic heterocycles. The Balaban J connectivity index is -0.0000000257. The first-order valence-electron chi connectivity index (χ1n) is 3.13. The van der Waals surface area contributed by atoms with Gasteiger partial charge in [0.2, 0.25) is 0 Å². The van der Waals surface area contributed by atoms with Gasteiger partial charge in [-0.3, -0.25) is 0 Å². The van der Waals surface area contributed by atoms with E-state index in [1.807, 2.05) is 0 Å². The molecule has 0 radical (unpaired) electrons. The molecule has 2 N–H and O–H groups in total. The summed E-state index contributed by atoms with van der Waals surface area (Å²) in [6.07, 6.45) is -2.59. The molecule has 0 aromatic rings. The van der Waals surface area contributed by atoms with Crippen LogP contribution in [0.25, 0.3) is 0 Å². The summed E-state index contributed by atoms with van der Waals surface area (Å²) in [6.45, 7) is 0. The Morgan fingerprint density at radius 1 is 0.857 bits per heavy atom. The second kappa shape index (κ2) is 29.6. The van der Waals surface area contributed by atoms with E-state index in [1.54, 1.807) is 0 Å². The van der Waals surface area contributed by atoms with Crippen molar-refractivity contribution in [3.8, 4) is 0 Å². The fourth-order valence-electron chi connectivity index (χ4n) is 0.691. The summed E-state index contributed by atoms with van der Waals surface area (Å²) in [7, 11) is 0. The van der Waals surface area contributed by atoms with E-state index in [9.17, 15) is 24.6 Å². The van der Waals surface area contributed by atoms with Gasteiger partial charge in [-0.05, 0) is 0 Å². The molecule has 21 heavy (non-hydrogen) atoms. The van der Waals surface area contributed by atoms with E-state index in [1.165, 1.54) is 0 Å². The predicted molar refractivity (Wildman–Crippen MR) is 31.8 cm³/mol. The van der Waals surface area contributed by atoms with Crippen molar-refractivity contribution >= 4 is 17.9 Å². The van der Waals surface area contributed by atoms with Crippen LogP contribution in [-0.4, -0.2) is 33.7 Å². The zero-order valence-electron chi connectivity index (χ0n) is 12.5. The molecular weight excluding hydrogens is 541 g/mol. The molecule has 15 heteroatoms. The van der Waals surface area contributed by atoms with Crippen LogP contribution < -0.4 is 211 Å². The van der Waals surface area contributed by atoms with Crippen LogP contribution in [0.1, 0.15) is 12.8 Å². The average Bonchev–Trinajstić information content (AvgIpc) is 1.82. The number of carbonyl (C=O) groups is 3. The largest absolute Gasteiger partial charge is 1.00 e. The third-order valence-corrected chi connectivity index (χ3v) is 1.27. The number of carboxylic acids is 3. The molecule has 0 amide bonds. The Bertz CT molecular complexity index is 260. The SMILES string of the molecule is O=C([O-])CC(O)(CC(=O)[O-])C(=O)O.[Br-].[Cl-].[I-].[Na+].[Na+].[Na+].[Na+].[Na+]. The number of hydrogen-bond donors (Lipinski definition) is 2. The molecule has 0 heterocycles. The third kappa shape index (κ3) is 29.9. The smallest absolute Gasteiger partial charge is 1.00 e. The average molecular weight is 547 g/mol. The second-order valence-electron chi connectivity index (χ2n) is 2.43. The molecule has 0 fully saturated rings. The molecule has 0 bridgehead atoms. The van der Waals surface area contributed by atoms with E-state index in [2.05, 4.69) is 0 Å². The van der Waals surface area contributed by atoms with E-state index in [4.69, 9.17) is 10.2 Å². The van der Waals surface area contributed by atoms with Crippen molar-refractivity contribution in [3.63, 3.8) is 0 Å². The minimum absolute atomic E-state index is 0. The molecule has 0 atom stereocenters. The molecule has 0 rings (SSSR count). The van der Waals surface area contributed by atoms with Crippen molar-refractivity contribution in [2.24, 2.45) is 0 Å². The number of halogens is 3. The Kier molecular flexibility index (Phi) is 79.3. The molecule has 0 saturated heterocycles. The van der Waals surface area contributed by atoms with Crippen LogP contribution in [-0.2, 0) is 14.4 Å². The normalized spacial score (nSPS) is 6.71. The van der Waals surface area contributed by atoms with Crippen LogP contribution >= 0.6 is 0 Å². The second-order valence-corrected chi connectivity index (χ2v) is 2.43. The van der Waals surface area contributed by atoms with E-state index in [0.29, 0.717) is 0 Å². The van der Waals surface area contributed by atoms with Crippen molar-refractivity contribution in [3.05, 3.63) is 0 Å². The summed E-state index contributed by atoms with van der Waals surface area (Å²) in [6, 6.07) is 0. The summed E-state index contributed by atoms with van der Waals surface area (Å²) in [5, 5.41) is 37.2. The van der Waals surface area contributed by atoms with Gasteiger partial charge in [0.15, 0.2) is 5.60 Å². The fourth-order valence-corrected chi connectivity index (χ4v) is 0.691. The first-order chi connectivity index (χ1) is 5.78. The van der Waals surface area contributed by atoms with Crippen LogP contribution in [0.2, 0.25) is 0 Å². The van der Waals surface area contributed by atoms with Crippen molar-refractivity contribution in [2.45, 2.75) is 18.4 Å². The molecule has 98 valence electrons. The van der Waals surface area contributed by atoms with E-state index >= 15 is 0 Å². The van der Waals surface area contributed by atoms with Gasteiger partial charge in [-0.2, -0.15) is 0 Å². The number of carboxylic acid groups (broad SMARTS) is 3. The first-order valence-corrected chi connectivity index (χ1v) is 3.13. The van der Waals surface area contributed by atoms with Crippen LogP contribution in [0.3, 0.4) is 0 Å². The maximum atomic E-state index is 10.3. The van der Waals surface area contributed by atoms with Crippen LogP contribution in [0.15, 0.2) is 0 Å². The molecule has 0 aliphatic heterocycles.